The Labute approximate surface area is 122 Å². The first-order chi connectivity index (χ1) is 9.99. The van der Waals surface area contributed by atoms with Gasteiger partial charge in [0.25, 0.3) is 11.8 Å². The van der Waals surface area contributed by atoms with Crippen LogP contribution in [0.1, 0.15) is 39.4 Å². The Morgan fingerprint density at radius 2 is 1.81 bits per heavy atom. The lowest BCUT2D eigenvalue weighted by Crippen LogP contribution is -2.24. The number of carbonyl (C=O) groups is 2. The monoisotopic (exact) mass is 284 g/mol. The summed E-state index contributed by atoms with van der Waals surface area (Å²) in [7, 11) is 3.38. The largest absolute Gasteiger partial charge is 0.377 e. The molecule has 2 heterocycles. The van der Waals surface area contributed by atoms with Crippen molar-refractivity contribution in [2.45, 2.75) is 13.0 Å². The van der Waals surface area contributed by atoms with Crippen LogP contribution in [0.2, 0.25) is 0 Å². The van der Waals surface area contributed by atoms with E-state index in [9.17, 15) is 9.59 Å². The standard InChI is InChI=1S/C15H16N4O2/c1-9(13-6-7-16-19(13)3)17-10-4-5-11-12(8-10)15(21)18(2)14(11)20/h4-9,17H,1-3H3. The predicted octanol–water partition coefficient (Wildman–Crippen LogP) is 1.82. The van der Waals surface area contributed by atoms with E-state index in [1.165, 1.54) is 7.05 Å². The second-order valence-corrected chi connectivity index (χ2v) is 5.18. The molecular weight excluding hydrogens is 268 g/mol. The van der Waals surface area contributed by atoms with E-state index >= 15 is 0 Å². The van der Waals surface area contributed by atoms with E-state index in [0.717, 1.165) is 16.3 Å². The molecule has 2 amide bonds. The molecule has 1 aliphatic rings. The number of hydrogen-bond acceptors (Lipinski definition) is 4. The molecule has 0 saturated carbocycles. The van der Waals surface area contributed by atoms with Crippen molar-refractivity contribution in [1.29, 1.82) is 0 Å². The van der Waals surface area contributed by atoms with Crippen LogP contribution in [0.15, 0.2) is 30.5 Å². The molecule has 2 aromatic rings. The number of anilines is 1. The number of benzene rings is 1. The minimum atomic E-state index is -0.258. The summed E-state index contributed by atoms with van der Waals surface area (Å²) >= 11 is 0. The highest BCUT2D eigenvalue weighted by Crippen LogP contribution is 2.26. The van der Waals surface area contributed by atoms with Gasteiger partial charge >= 0.3 is 0 Å². The maximum Gasteiger partial charge on any atom is 0.261 e. The number of carbonyl (C=O) groups excluding carboxylic acids is 2. The van der Waals surface area contributed by atoms with Crippen LogP contribution < -0.4 is 5.32 Å². The summed E-state index contributed by atoms with van der Waals surface area (Å²) in [5, 5.41) is 7.46. The molecule has 6 heteroatoms. The number of rotatable bonds is 3. The zero-order chi connectivity index (χ0) is 15.1. The maximum absolute atomic E-state index is 12.0. The Hall–Kier alpha value is -2.63. The molecular formula is C15H16N4O2. The van der Waals surface area contributed by atoms with Gasteiger partial charge in [0.05, 0.1) is 22.9 Å². The van der Waals surface area contributed by atoms with Gasteiger partial charge in [0, 0.05) is 26.0 Å². The van der Waals surface area contributed by atoms with E-state index in [2.05, 4.69) is 10.4 Å². The van der Waals surface area contributed by atoms with Crippen molar-refractivity contribution < 1.29 is 9.59 Å². The number of nitrogens with one attached hydrogen (secondary N) is 1. The highest BCUT2D eigenvalue weighted by molar-refractivity contribution is 6.21. The second-order valence-electron chi connectivity index (χ2n) is 5.18. The van der Waals surface area contributed by atoms with E-state index in [0.29, 0.717) is 11.1 Å². The van der Waals surface area contributed by atoms with Crippen LogP contribution in [-0.2, 0) is 7.05 Å². The van der Waals surface area contributed by atoms with Crippen molar-refractivity contribution in [3.8, 4) is 0 Å². The number of hydrogen-bond donors (Lipinski definition) is 1. The van der Waals surface area contributed by atoms with Crippen molar-refractivity contribution in [1.82, 2.24) is 14.7 Å². The average molecular weight is 284 g/mol. The number of imide groups is 1. The SMILES string of the molecule is CC(Nc1ccc2c(c1)C(=O)N(C)C2=O)c1ccnn1C. The molecule has 0 radical (unpaired) electrons. The third kappa shape index (κ3) is 2.08. The Kier molecular flexibility index (Phi) is 3.01. The Balaban J connectivity index is 1.88. The number of fused-ring (bicyclic) bond motifs is 1. The summed E-state index contributed by atoms with van der Waals surface area (Å²) in [6, 6.07) is 7.22. The van der Waals surface area contributed by atoms with Gasteiger partial charge in [-0.15, -0.1) is 0 Å². The topological polar surface area (TPSA) is 67.2 Å². The lowest BCUT2D eigenvalue weighted by molar-refractivity contribution is 0.0693. The first-order valence-corrected chi connectivity index (χ1v) is 6.70. The zero-order valence-electron chi connectivity index (χ0n) is 12.1. The molecule has 21 heavy (non-hydrogen) atoms. The van der Waals surface area contributed by atoms with E-state index < -0.39 is 0 Å². The summed E-state index contributed by atoms with van der Waals surface area (Å²) in [5.41, 5.74) is 2.75. The highest BCUT2D eigenvalue weighted by atomic mass is 16.2. The Bertz CT molecular complexity index is 735. The first kappa shape index (κ1) is 13.4. The molecule has 0 saturated heterocycles. The molecule has 1 aromatic carbocycles. The van der Waals surface area contributed by atoms with Crippen molar-refractivity contribution in [2.75, 3.05) is 12.4 Å². The smallest absolute Gasteiger partial charge is 0.261 e. The Morgan fingerprint density at radius 1 is 1.10 bits per heavy atom. The molecule has 0 fully saturated rings. The number of aryl methyl sites for hydroxylation is 1. The summed E-state index contributed by atoms with van der Waals surface area (Å²) in [6.07, 6.45) is 1.74. The molecule has 0 aliphatic carbocycles. The third-order valence-electron chi connectivity index (χ3n) is 3.78. The number of aromatic nitrogens is 2. The van der Waals surface area contributed by atoms with Crippen molar-refractivity contribution in [3.05, 3.63) is 47.3 Å². The molecule has 1 unspecified atom stereocenters. The molecule has 1 atom stereocenters. The van der Waals surface area contributed by atoms with Gasteiger partial charge < -0.3 is 5.32 Å². The van der Waals surface area contributed by atoms with Crippen LogP contribution >= 0.6 is 0 Å². The zero-order valence-corrected chi connectivity index (χ0v) is 12.1. The minimum absolute atomic E-state index is 0.0421. The van der Waals surface area contributed by atoms with Crippen LogP contribution in [0.4, 0.5) is 5.69 Å². The Morgan fingerprint density at radius 3 is 2.48 bits per heavy atom. The minimum Gasteiger partial charge on any atom is -0.377 e. The summed E-state index contributed by atoms with van der Waals surface area (Å²) in [4.78, 5) is 25.0. The summed E-state index contributed by atoms with van der Waals surface area (Å²) in [6.45, 7) is 2.02. The third-order valence-corrected chi connectivity index (χ3v) is 3.78. The fraction of sp³-hybridized carbons (Fsp3) is 0.267. The van der Waals surface area contributed by atoms with Crippen molar-refractivity contribution >= 4 is 17.5 Å². The molecule has 1 aromatic heterocycles. The number of nitrogens with zero attached hydrogens (tertiary/aromatic N) is 3. The normalized spacial score (nSPS) is 15.3. The van der Waals surface area contributed by atoms with Crippen LogP contribution in [0.3, 0.4) is 0 Å². The number of amides is 2. The van der Waals surface area contributed by atoms with Gasteiger partial charge in [0.1, 0.15) is 0 Å². The molecule has 6 nitrogen and oxygen atoms in total. The van der Waals surface area contributed by atoms with Gasteiger partial charge in [-0.3, -0.25) is 19.2 Å². The van der Waals surface area contributed by atoms with E-state index in [1.807, 2.05) is 26.1 Å². The first-order valence-electron chi connectivity index (χ1n) is 6.70. The van der Waals surface area contributed by atoms with E-state index in [-0.39, 0.29) is 17.9 Å². The van der Waals surface area contributed by atoms with Gasteiger partial charge in [0.2, 0.25) is 0 Å². The average Bonchev–Trinajstić information content (AvgIpc) is 2.98. The van der Waals surface area contributed by atoms with Crippen molar-refractivity contribution in [3.63, 3.8) is 0 Å². The second kappa shape index (κ2) is 4.73. The summed E-state index contributed by atoms with van der Waals surface area (Å²) in [5.74, 6) is -0.506. The van der Waals surface area contributed by atoms with Crippen molar-refractivity contribution in [2.24, 2.45) is 7.05 Å². The molecule has 0 spiro atoms. The van der Waals surface area contributed by atoms with Crippen LogP contribution in [0, 0.1) is 0 Å². The lowest BCUT2D eigenvalue weighted by Gasteiger charge is -2.16. The predicted molar refractivity (Wildman–Crippen MR) is 78.1 cm³/mol. The summed E-state index contributed by atoms with van der Waals surface area (Å²) < 4.78 is 1.80. The highest BCUT2D eigenvalue weighted by Gasteiger charge is 2.32. The van der Waals surface area contributed by atoms with Crippen LogP contribution in [0.5, 0.6) is 0 Å². The molecule has 1 aliphatic heterocycles. The van der Waals surface area contributed by atoms with Gasteiger partial charge in [-0.1, -0.05) is 0 Å². The molecule has 3 rings (SSSR count). The van der Waals surface area contributed by atoms with E-state index in [1.54, 1.807) is 23.0 Å². The lowest BCUT2D eigenvalue weighted by atomic mass is 10.1. The van der Waals surface area contributed by atoms with E-state index in [4.69, 9.17) is 0 Å². The molecule has 1 N–H and O–H groups in total. The maximum atomic E-state index is 12.0. The quantitative estimate of drug-likeness (QED) is 0.873. The molecule has 0 bridgehead atoms. The van der Waals surface area contributed by atoms with Gasteiger partial charge in [-0.05, 0) is 31.2 Å². The van der Waals surface area contributed by atoms with Crippen LogP contribution in [0.25, 0.3) is 0 Å². The molecule has 108 valence electrons. The van der Waals surface area contributed by atoms with Gasteiger partial charge in [-0.25, -0.2) is 0 Å². The fourth-order valence-electron chi connectivity index (χ4n) is 2.58. The van der Waals surface area contributed by atoms with Gasteiger partial charge in [-0.2, -0.15) is 5.10 Å². The van der Waals surface area contributed by atoms with Gasteiger partial charge in [0.15, 0.2) is 0 Å². The van der Waals surface area contributed by atoms with Crippen LogP contribution in [-0.4, -0.2) is 33.5 Å². The fourth-order valence-corrected chi connectivity index (χ4v) is 2.58.